The number of hydrogen-bond donors (Lipinski definition) is 1. The van der Waals surface area contributed by atoms with Gasteiger partial charge in [0.05, 0.1) is 16.6 Å². The summed E-state index contributed by atoms with van der Waals surface area (Å²) in [6.45, 7) is 5.97. The Balaban J connectivity index is 1.08. The van der Waals surface area contributed by atoms with E-state index in [9.17, 15) is 13.2 Å². The molecule has 1 saturated carbocycles. The molecule has 2 aromatic carbocycles. The number of aliphatic imine (C=N–C) groups is 1. The second kappa shape index (κ2) is 10.2. The number of rotatable bonds is 7. The molecule has 2 aliphatic carbocycles. The summed E-state index contributed by atoms with van der Waals surface area (Å²) in [4.78, 5) is 22.3. The predicted octanol–water partition coefficient (Wildman–Crippen LogP) is 4.31. The SMILES string of the molecule is Cc1cc(C(=O)N2CCN(CC3(c4ccccc4)CC3)CC2)ccc1NS(=O)(=O)C1=CC=CC2C=CC=NC12. The Kier molecular flexibility index (Phi) is 6.77. The standard InChI is InChI=1S/C31H34N4O3S/c1-23-21-25(12-13-27(23)33-39(37,38)28-11-5-7-24-8-6-16-32-29(24)28)30(36)35-19-17-34(18-20-35)22-31(14-15-31)26-9-3-2-4-10-26/h2-13,16,21,24,29,33H,14-15,17-20,22H2,1H3. The zero-order valence-corrected chi connectivity index (χ0v) is 23.0. The van der Waals surface area contributed by atoms with E-state index in [0.717, 1.165) is 19.6 Å². The summed E-state index contributed by atoms with van der Waals surface area (Å²) in [5.41, 5.74) is 3.45. The van der Waals surface area contributed by atoms with Gasteiger partial charge in [-0.15, -0.1) is 0 Å². The van der Waals surface area contributed by atoms with Crippen LogP contribution in [0.3, 0.4) is 0 Å². The Morgan fingerprint density at radius 1 is 1.03 bits per heavy atom. The number of fused-ring (bicyclic) bond motifs is 1. The quantitative estimate of drug-likeness (QED) is 0.566. The Bertz CT molecular complexity index is 1480. The van der Waals surface area contributed by atoms with Gasteiger partial charge in [0.2, 0.25) is 0 Å². The van der Waals surface area contributed by atoms with E-state index in [2.05, 4.69) is 44.9 Å². The number of sulfonamides is 1. The van der Waals surface area contributed by atoms with E-state index >= 15 is 0 Å². The second-order valence-corrected chi connectivity index (χ2v) is 12.7. The van der Waals surface area contributed by atoms with Crippen LogP contribution in [0.15, 0.2) is 88.8 Å². The summed E-state index contributed by atoms with van der Waals surface area (Å²) < 4.78 is 29.2. The topological polar surface area (TPSA) is 82.1 Å². The Hall–Kier alpha value is -3.49. The minimum absolute atomic E-state index is 0.0114. The number of aryl methyl sites for hydroxylation is 1. The molecule has 39 heavy (non-hydrogen) atoms. The first-order valence-electron chi connectivity index (χ1n) is 13.6. The molecule has 2 unspecified atom stereocenters. The summed E-state index contributed by atoms with van der Waals surface area (Å²) in [7, 11) is -3.81. The fraction of sp³-hybridized carbons (Fsp3) is 0.355. The lowest BCUT2D eigenvalue weighted by Gasteiger charge is -2.37. The molecule has 2 atom stereocenters. The minimum atomic E-state index is -3.81. The third-order valence-electron chi connectivity index (χ3n) is 8.37. The van der Waals surface area contributed by atoms with E-state index in [0.29, 0.717) is 29.9 Å². The van der Waals surface area contributed by atoms with Crippen LogP contribution in [0, 0.1) is 12.8 Å². The van der Waals surface area contributed by atoms with Gasteiger partial charge in [0.15, 0.2) is 0 Å². The first-order valence-corrected chi connectivity index (χ1v) is 15.1. The van der Waals surface area contributed by atoms with Gasteiger partial charge in [-0.3, -0.25) is 19.4 Å². The zero-order chi connectivity index (χ0) is 27.0. The lowest BCUT2D eigenvalue weighted by atomic mass is 9.93. The molecule has 202 valence electrons. The summed E-state index contributed by atoms with van der Waals surface area (Å²) >= 11 is 0. The highest BCUT2D eigenvalue weighted by molar-refractivity contribution is 7.96. The van der Waals surface area contributed by atoms with Crippen LogP contribution in [0.25, 0.3) is 0 Å². The largest absolute Gasteiger partial charge is 0.336 e. The van der Waals surface area contributed by atoms with Crippen LogP contribution >= 0.6 is 0 Å². The number of nitrogens with one attached hydrogen (secondary N) is 1. The highest BCUT2D eigenvalue weighted by Gasteiger charge is 2.45. The second-order valence-electron chi connectivity index (χ2n) is 11.0. The van der Waals surface area contributed by atoms with Crippen molar-refractivity contribution < 1.29 is 13.2 Å². The van der Waals surface area contributed by atoms with Crippen LogP contribution < -0.4 is 4.72 Å². The van der Waals surface area contributed by atoms with Crippen LogP contribution in [0.2, 0.25) is 0 Å². The van der Waals surface area contributed by atoms with Crippen molar-refractivity contribution in [2.75, 3.05) is 37.4 Å². The van der Waals surface area contributed by atoms with Crippen LogP contribution in [0.5, 0.6) is 0 Å². The van der Waals surface area contributed by atoms with E-state index in [1.165, 1.54) is 18.4 Å². The molecule has 1 N–H and O–H groups in total. The van der Waals surface area contributed by atoms with Gasteiger partial charge in [-0.25, -0.2) is 8.42 Å². The van der Waals surface area contributed by atoms with Crippen LogP contribution in [0.1, 0.15) is 34.3 Å². The highest BCUT2D eigenvalue weighted by atomic mass is 32.2. The van der Waals surface area contributed by atoms with Gasteiger partial charge in [0.1, 0.15) is 0 Å². The van der Waals surface area contributed by atoms with Crippen molar-refractivity contribution in [1.82, 2.24) is 9.80 Å². The smallest absolute Gasteiger partial charge is 0.260 e. The van der Waals surface area contributed by atoms with Gasteiger partial charge in [-0.2, -0.15) is 0 Å². The van der Waals surface area contributed by atoms with E-state index in [4.69, 9.17) is 0 Å². The van der Waals surface area contributed by atoms with Gasteiger partial charge in [-0.05, 0) is 61.2 Å². The molecule has 2 aromatic rings. The Labute approximate surface area is 230 Å². The molecule has 6 rings (SSSR count). The van der Waals surface area contributed by atoms with Crippen LogP contribution in [-0.2, 0) is 15.4 Å². The van der Waals surface area contributed by atoms with E-state index in [1.54, 1.807) is 36.6 Å². The maximum atomic E-state index is 13.3. The van der Waals surface area contributed by atoms with Crippen LogP contribution in [0.4, 0.5) is 5.69 Å². The zero-order valence-electron chi connectivity index (χ0n) is 22.2. The molecule has 7 nitrogen and oxygen atoms in total. The van der Waals surface area contributed by atoms with Gasteiger partial charge in [-0.1, -0.05) is 48.6 Å². The van der Waals surface area contributed by atoms with Gasteiger partial charge >= 0.3 is 0 Å². The molecule has 1 amide bonds. The average Bonchev–Trinajstić information content (AvgIpc) is 3.75. The van der Waals surface area contributed by atoms with Crippen molar-refractivity contribution in [2.24, 2.45) is 10.9 Å². The number of amides is 1. The molecule has 0 bridgehead atoms. The van der Waals surface area contributed by atoms with Crippen molar-refractivity contribution >= 4 is 27.8 Å². The average molecular weight is 543 g/mol. The molecular formula is C31H34N4O3S. The number of hydrogen-bond acceptors (Lipinski definition) is 5. The summed E-state index contributed by atoms with van der Waals surface area (Å²) in [5, 5.41) is 0. The van der Waals surface area contributed by atoms with Crippen molar-refractivity contribution in [3.63, 3.8) is 0 Å². The molecule has 0 aromatic heterocycles. The first-order chi connectivity index (χ1) is 18.8. The van der Waals surface area contributed by atoms with Crippen LogP contribution in [-0.4, -0.2) is 69.1 Å². The summed E-state index contributed by atoms with van der Waals surface area (Å²) in [6.07, 6.45) is 13.2. The number of nitrogens with zero attached hydrogens (tertiary/aromatic N) is 3. The van der Waals surface area contributed by atoms with Gasteiger partial charge in [0.25, 0.3) is 15.9 Å². The number of piperazine rings is 1. The van der Waals surface area contributed by atoms with Gasteiger partial charge < -0.3 is 4.90 Å². The predicted molar refractivity (Wildman–Crippen MR) is 156 cm³/mol. The van der Waals surface area contributed by atoms with E-state index in [1.807, 2.05) is 30.1 Å². The van der Waals surface area contributed by atoms with Gasteiger partial charge in [0, 0.05) is 55.8 Å². The number of carbonyl (C=O) groups is 1. The van der Waals surface area contributed by atoms with Crippen molar-refractivity contribution in [3.05, 3.63) is 101 Å². The molecule has 1 saturated heterocycles. The normalized spacial score (nSPS) is 23.7. The minimum Gasteiger partial charge on any atom is -0.336 e. The maximum Gasteiger partial charge on any atom is 0.260 e. The number of dihydropyridines is 1. The molecule has 8 heteroatoms. The molecule has 2 fully saturated rings. The highest BCUT2D eigenvalue weighted by Crippen LogP contribution is 2.48. The van der Waals surface area contributed by atoms with Crippen molar-refractivity contribution in [2.45, 2.75) is 31.2 Å². The van der Waals surface area contributed by atoms with E-state index < -0.39 is 16.1 Å². The number of benzene rings is 2. The number of anilines is 1. The summed E-state index contributed by atoms with van der Waals surface area (Å²) in [6, 6.07) is 15.5. The van der Waals surface area contributed by atoms with E-state index in [-0.39, 0.29) is 22.1 Å². The van der Waals surface area contributed by atoms with Crippen molar-refractivity contribution in [1.29, 1.82) is 0 Å². The Morgan fingerprint density at radius 2 is 1.77 bits per heavy atom. The third-order valence-corrected chi connectivity index (χ3v) is 9.86. The fourth-order valence-electron chi connectivity index (χ4n) is 5.90. The molecule has 0 radical (unpaired) electrons. The lowest BCUT2D eigenvalue weighted by Crippen LogP contribution is -2.50. The molecular weight excluding hydrogens is 508 g/mol. The number of allylic oxidation sites excluding steroid dienone is 3. The third kappa shape index (κ3) is 5.23. The fourth-order valence-corrected chi connectivity index (χ4v) is 7.33. The monoisotopic (exact) mass is 542 g/mol. The molecule has 0 spiro atoms. The lowest BCUT2D eigenvalue weighted by molar-refractivity contribution is 0.0626. The molecule has 4 aliphatic rings. The summed E-state index contributed by atoms with van der Waals surface area (Å²) in [5.74, 6) is -0.0797. The molecule has 2 aliphatic heterocycles. The first kappa shape index (κ1) is 25.8. The van der Waals surface area contributed by atoms with Crippen molar-refractivity contribution in [3.8, 4) is 0 Å². The maximum absolute atomic E-state index is 13.3. The molecule has 2 heterocycles. The number of carbonyl (C=O) groups excluding carboxylic acids is 1. The Morgan fingerprint density at radius 3 is 2.49 bits per heavy atom.